The fraction of sp³-hybridized carbons (Fsp3) is 0.0909. The average molecular weight is 455 g/mol. The fourth-order valence-corrected chi connectivity index (χ4v) is 4.26. The Hall–Kier alpha value is -3.20. The molecule has 7 nitrogen and oxygen atoms in total. The zero-order chi connectivity index (χ0) is 22.2. The number of sulfonamides is 1. The molecule has 0 spiro atoms. The van der Waals surface area contributed by atoms with E-state index in [0.29, 0.717) is 5.82 Å². The highest BCUT2D eigenvalue weighted by atomic mass is 35.5. The lowest BCUT2D eigenvalue weighted by atomic mass is 10.1. The predicted octanol–water partition coefficient (Wildman–Crippen LogP) is 4.39. The van der Waals surface area contributed by atoms with Crippen molar-refractivity contribution in [3.05, 3.63) is 77.3 Å². The first-order chi connectivity index (χ1) is 14.8. The third-order valence-corrected chi connectivity index (χ3v) is 6.98. The van der Waals surface area contributed by atoms with E-state index in [4.69, 9.17) is 11.6 Å². The first-order valence-electron chi connectivity index (χ1n) is 9.34. The van der Waals surface area contributed by atoms with Gasteiger partial charge in [-0.05, 0) is 35.0 Å². The van der Waals surface area contributed by atoms with Gasteiger partial charge >= 0.3 is 0 Å². The van der Waals surface area contributed by atoms with Gasteiger partial charge in [-0.3, -0.25) is 9.89 Å². The quantitative estimate of drug-likeness (QED) is 0.467. The molecule has 3 aromatic carbocycles. The third-order valence-electron chi connectivity index (χ3n) is 4.84. The van der Waals surface area contributed by atoms with Crippen LogP contribution in [0.2, 0.25) is 5.02 Å². The molecule has 0 saturated heterocycles. The highest BCUT2D eigenvalue weighted by molar-refractivity contribution is 7.89. The summed E-state index contributed by atoms with van der Waals surface area (Å²) >= 11 is 6.15. The number of nitrogens with one attached hydrogen (secondary N) is 2. The summed E-state index contributed by atoms with van der Waals surface area (Å²) in [7, 11) is -0.863. The maximum absolute atomic E-state index is 12.7. The molecule has 0 unspecified atom stereocenters. The number of hydrogen-bond donors (Lipinski definition) is 2. The van der Waals surface area contributed by atoms with Crippen molar-refractivity contribution >= 4 is 44.1 Å². The maximum Gasteiger partial charge on any atom is 0.258 e. The molecule has 0 aliphatic rings. The van der Waals surface area contributed by atoms with Crippen LogP contribution in [-0.2, 0) is 10.0 Å². The summed E-state index contributed by atoms with van der Waals surface area (Å²) in [4.78, 5) is 12.7. The summed E-state index contributed by atoms with van der Waals surface area (Å²) in [6.45, 7) is 0. The molecular weight excluding hydrogens is 436 g/mol. The van der Waals surface area contributed by atoms with E-state index in [1.54, 1.807) is 6.07 Å². The Kier molecular flexibility index (Phi) is 5.53. The molecule has 31 heavy (non-hydrogen) atoms. The van der Waals surface area contributed by atoms with Crippen LogP contribution in [-0.4, -0.2) is 42.9 Å². The van der Waals surface area contributed by atoms with E-state index in [2.05, 4.69) is 15.5 Å². The van der Waals surface area contributed by atoms with Gasteiger partial charge in [-0.15, -0.1) is 0 Å². The minimum Gasteiger partial charge on any atom is -0.305 e. The standard InChI is InChI=1S/C22H19ClN4O3S/c1-27(2)31(29,30)17-9-10-19(23)18(12-17)22(28)24-21-13-20(25-26-21)16-8-7-14-5-3-4-6-15(14)11-16/h3-13H,1-2H3,(H2,24,25,26,28). The second kappa shape index (κ2) is 8.14. The number of rotatable bonds is 5. The normalized spacial score (nSPS) is 11.7. The number of H-pyrrole nitrogens is 1. The summed E-state index contributed by atoms with van der Waals surface area (Å²) in [5.74, 6) is -0.262. The summed E-state index contributed by atoms with van der Waals surface area (Å²) in [5, 5.41) is 12.1. The Balaban J connectivity index is 1.59. The minimum absolute atomic E-state index is 0.0223. The first-order valence-corrected chi connectivity index (χ1v) is 11.2. The van der Waals surface area contributed by atoms with Crippen LogP contribution in [0.3, 0.4) is 0 Å². The smallest absolute Gasteiger partial charge is 0.258 e. The van der Waals surface area contributed by atoms with Crippen LogP contribution >= 0.6 is 11.6 Å². The molecule has 158 valence electrons. The lowest BCUT2D eigenvalue weighted by Crippen LogP contribution is -2.23. The molecule has 0 atom stereocenters. The van der Waals surface area contributed by atoms with E-state index in [-0.39, 0.29) is 15.5 Å². The monoisotopic (exact) mass is 454 g/mol. The second-order valence-corrected chi connectivity index (χ2v) is 9.67. The SMILES string of the molecule is CN(C)S(=O)(=O)c1ccc(Cl)c(C(=O)Nc2cc(-c3ccc4ccccc4c3)[nH]n2)c1. The topological polar surface area (TPSA) is 95.2 Å². The van der Waals surface area contributed by atoms with Gasteiger partial charge in [0.05, 0.1) is 21.2 Å². The summed E-state index contributed by atoms with van der Waals surface area (Å²) < 4.78 is 25.8. The zero-order valence-electron chi connectivity index (χ0n) is 16.8. The number of anilines is 1. The van der Waals surface area contributed by atoms with Crippen LogP contribution in [0.1, 0.15) is 10.4 Å². The number of aromatic amines is 1. The summed E-state index contributed by atoms with van der Waals surface area (Å²) in [6, 6.07) is 19.7. The van der Waals surface area contributed by atoms with Crippen molar-refractivity contribution in [2.75, 3.05) is 19.4 Å². The molecule has 0 aliphatic carbocycles. The van der Waals surface area contributed by atoms with E-state index in [9.17, 15) is 13.2 Å². The Morgan fingerprint density at radius 3 is 2.48 bits per heavy atom. The first kappa shape index (κ1) is 21.0. The van der Waals surface area contributed by atoms with Gasteiger partial charge in [0.25, 0.3) is 5.91 Å². The molecule has 0 fully saturated rings. The molecule has 4 aromatic rings. The van der Waals surface area contributed by atoms with Gasteiger partial charge in [0.15, 0.2) is 5.82 Å². The van der Waals surface area contributed by atoms with E-state index in [1.807, 2.05) is 42.5 Å². The zero-order valence-corrected chi connectivity index (χ0v) is 18.3. The molecule has 0 aliphatic heterocycles. The Morgan fingerprint density at radius 2 is 1.74 bits per heavy atom. The molecule has 1 amide bonds. The van der Waals surface area contributed by atoms with Crippen LogP contribution in [0.5, 0.6) is 0 Å². The minimum atomic E-state index is -3.70. The highest BCUT2D eigenvalue weighted by Crippen LogP contribution is 2.26. The van der Waals surface area contributed by atoms with Gasteiger partial charge in [0.2, 0.25) is 10.0 Å². The van der Waals surface area contributed by atoms with Crippen molar-refractivity contribution in [2.45, 2.75) is 4.90 Å². The second-order valence-electron chi connectivity index (χ2n) is 7.11. The van der Waals surface area contributed by atoms with Crippen molar-refractivity contribution < 1.29 is 13.2 Å². The number of nitrogens with zero attached hydrogens (tertiary/aromatic N) is 2. The van der Waals surface area contributed by atoms with Crippen LogP contribution in [0.25, 0.3) is 22.0 Å². The van der Waals surface area contributed by atoms with Gasteiger partial charge in [-0.1, -0.05) is 48.0 Å². The van der Waals surface area contributed by atoms with Crippen LogP contribution in [0.4, 0.5) is 5.82 Å². The fourth-order valence-electron chi connectivity index (χ4n) is 3.12. The molecule has 4 rings (SSSR count). The van der Waals surface area contributed by atoms with Crippen molar-refractivity contribution in [3.63, 3.8) is 0 Å². The molecular formula is C22H19ClN4O3S. The number of carbonyl (C=O) groups excluding carboxylic acids is 1. The third kappa shape index (κ3) is 4.18. The average Bonchev–Trinajstić information content (AvgIpc) is 3.21. The highest BCUT2D eigenvalue weighted by Gasteiger charge is 2.21. The van der Waals surface area contributed by atoms with Crippen LogP contribution in [0, 0.1) is 0 Å². The molecule has 1 heterocycles. The largest absolute Gasteiger partial charge is 0.305 e. The molecule has 1 aromatic heterocycles. The van der Waals surface area contributed by atoms with E-state index < -0.39 is 15.9 Å². The summed E-state index contributed by atoms with van der Waals surface area (Å²) in [6.07, 6.45) is 0. The number of benzene rings is 3. The lowest BCUT2D eigenvalue weighted by Gasteiger charge is -2.13. The number of hydrogen-bond acceptors (Lipinski definition) is 4. The molecule has 0 radical (unpaired) electrons. The van der Waals surface area contributed by atoms with E-state index in [0.717, 1.165) is 26.3 Å². The lowest BCUT2D eigenvalue weighted by molar-refractivity contribution is 0.102. The van der Waals surface area contributed by atoms with Gasteiger partial charge in [0.1, 0.15) is 0 Å². The number of amides is 1. The Morgan fingerprint density at radius 1 is 1.00 bits per heavy atom. The number of carbonyl (C=O) groups is 1. The van der Waals surface area contributed by atoms with Crippen molar-refractivity contribution in [3.8, 4) is 11.3 Å². The van der Waals surface area contributed by atoms with Crippen molar-refractivity contribution in [1.82, 2.24) is 14.5 Å². The van der Waals surface area contributed by atoms with Gasteiger partial charge < -0.3 is 5.32 Å². The number of aromatic nitrogens is 2. The molecule has 0 bridgehead atoms. The van der Waals surface area contributed by atoms with E-state index >= 15 is 0 Å². The van der Waals surface area contributed by atoms with Crippen LogP contribution < -0.4 is 5.32 Å². The molecule has 9 heteroatoms. The van der Waals surface area contributed by atoms with Gasteiger partial charge in [-0.25, -0.2) is 12.7 Å². The Bertz CT molecular complexity index is 1400. The maximum atomic E-state index is 12.7. The predicted molar refractivity (Wildman–Crippen MR) is 122 cm³/mol. The van der Waals surface area contributed by atoms with E-state index in [1.165, 1.54) is 32.3 Å². The number of fused-ring (bicyclic) bond motifs is 1. The van der Waals surface area contributed by atoms with Gasteiger partial charge in [0, 0.05) is 25.7 Å². The van der Waals surface area contributed by atoms with Crippen molar-refractivity contribution in [1.29, 1.82) is 0 Å². The van der Waals surface area contributed by atoms with Crippen LogP contribution in [0.15, 0.2) is 71.6 Å². The van der Waals surface area contributed by atoms with Crippen molar-refractivity contribution in [2.24, 2.45) is 0 Å². The molecule has 2 N–H and O–H groups in total. The number of halogens is 1. The summed E-state index contributed by atoms with van der Waals surface area (Å²) in [5.41, 5.74) is 1.69. The Labute approximate surface area is 184 Å². The molecule has 0 saturated carbocycles. The van der Waals surface area contributed by atoms with Gasteiger partial charge in [-0.2, -0.15) is 5.10 Å².